The lowest BCUT2D eigenvalue weighted by atomic mass is 9.90. The summed E-state index contributed by atoms with van der Waals surface area (Å²) in [5, 5.41) is 1.45. The molecular formula is C23H32N4O3S. The van der Waals surface area contributed by atoms with E-state index in [4.69, 9.17) is 4.74 Å². The number of rotatable bonds is 8. The van der Waals surface area contributed by atoms with Crippen molar-refractivity contribution in [3.63, 3.8) is 0 Å². The lowest BCUT2D eigenvalue weighted by Gasteiger charge is -2.38. The lowest BCUT2D eigenvalue weighted by molar-refractivity contribution is 0.129. The first-order valence-corrected chi connectivity index (χ1v) is 12.8. The van der Waals surface area contributed by atoms with Crippen LogP contribution >= 0.6 is 0 Å². The van der Waals surface area contributed by atoms with Crippen molar-refractivity contribution in [3.05, 3.63) is 47.4 Å². The molecule has 1 N–H and O–H groups in total. The van der Waals surface area contributed by atoms with Crippen LogP contribution in [0.3, 0.4) is 0 Å². The van der Waals surface area contributed by atoms with Crippen molar-refractivity contribution in [1.29, 1.82) is 0 Å². The summed E-state index contributed by atoms with van der Waals surface area (Å²) in [4.78, 5) is 10.4. The second-order valence-electron chi connectivity index (χ2n) is 8.77. The van der Waals surface area contributed by atoms with Gasteiger partial charge in [0.15, 0.2) is 0 Å². The third kappa shape index (κ3) is 4.29. The molecule has 0 amide bonds. The van der Waals surface area contributed by atoms with Crippen LogP contribution < -0.4 is 0 Å². The van der Waals surface area contributed by atoms with Gasteiger partial charge in [-0.25, -0.2) is 13.4 Å². The predicted molar refractivity (Wildman–Crippen MR) is 122 cm³/mol. The summed E-state index contributed by atoms with van der Waals surface area (Å²) >= 11 is 0. The monoisotopic (exact) mass is 444 g/mol. The minimum absolute atomic E-state index is 0.142. The van der Waals surface area contributed by atoms with E-state index in [0.717, 1.165) is 25.1 Å². The zero-order valence-corrected chi connectivity index (χ0v) is 19.6. The largest absolute Gasteiger partial charge is 0.385 e. The number of nitrogens with one attached hydrogen (secondary N) is 1. The molecule has 1 aromatic carbocycles. The number of nitrogens with zero attached hydrogens (tertiary/aromatic N) is 3. The maximum Gasteiger partial charge on any atom is 0.227 e. The molecule has 0 bridgehead atoms. The first-order valence-electron chi connectivity index (χ1n) is 10.9. The predicted octanol–water partition coefficient (Wildman–Crippen LogP) is 3.56. The van der Waals surface area contributed by atoms with Crippen LogP contribution in [0.4, 0.5) is 0 Å². The quantitative estimate of drug-likeness (QED) is 0.538. The molecule has 3 aromatic rings. The Balaban J connectivity index is 1.68. The second kappa shape index (κ2) is 8.76. The van der Waals surface area contributed by atoms with Crippen LogP contribution in [0.15, 0.2) is 35.6 Å². The van der Waals surface area contributed by atoms with Gasteiger partial charge in [-0.1, -0.05) is 32.0 Å². The van der Waals surface area contributed by atoms with Crippen molar-refractivity contribution in [2.75, 3.05) is 26.5 Å². The lowest BCUT2D eigenvalue weighted by Crippen LogP contribution is -2.38. The van der Waals surface area contributed by atoms with E-state index in [1.165, 1.54) is 28.4 Å². The number of sulfone groups is 1. The Morgan fingerprint density at radius 2 is 2.06 bits per heavy atom. The molecular weight excluding hydrogens is 412 g/mol. The van der Waals surface area contributed by atoms with Crippen LogP contribution in [0.1, 0.15) is 43.3 Å². The molecule has 8 heteroatoms. The fourth-order valence-electron chi connectivity index (χ4n) is 4.88. The summed E-state index contributed by atoms with van der Waals surface area (Å²) in [7, 11) is -1.74. The molecule has 1 atom stereocenters. The molecule has 31 heavy (non-hydrogen) atoms. The third-order valence-electron chi connectivity index (χ3n) is 6.14. The normalized spacial score (nSPS) is 17.5. The maximum atomic E-state index is 12.3. The number of benzene rings is 1. The molecule has 1 aliphatic heterocycles. The number of hydrogen-bond acceptors (Lipinski definition) is 5. The molecule has 4 rings (SSSR count). The summed E-state index contributed by atoms with van der Waals surface area (Å²) in [6.45, 7) is 7.23. The van der Waals surface area contributed by atoms with E-state index in [2.05, 4.69) is 53.0 Å². The van der Waals surface area contributed by atoms with Gasteiger partial charge in [0.05, 0.1) is 17.9 Å². The topological polar surface area (TPSA) is 80.2 Å². The van der Waals surface area contributed by atoms with Crippen LogP contribution in [-0.4, -0.2) is 54.4 Å². The van der Waals surface area contributed by atoms with Gasteiger partial charge in [0, 0.05) is 56.2 Å². The van der Waals surface area contributed by atoms with Gasteiger partial charge in [0.25, 0.3) is 0 Å². The fraction of sp³-hybridized carbons (Fsp3) is 0.522. The third-order valence-corrected chi connectivity index (χ3v) is 7.13. The van der Waals surface area contributed by atoms with Crippen molar-refractivity contribution >= 4 is 20.7 Å². The Kier molecular flexibility index (Phi) is 6.23. The number of para-hydroxylation sites is 1. The van der Waals surface area contributed by atoms with Gasteiger partial charge < -0.3 is 14.3 Å². The van der Waals surface area contributed by atoms with Crippen molar-refractivity contribution < 1.29 is 13.2 Å². The number of H-pyrrole nitrogens is 1. The maximum absolute atomic E-state index is 12.3. The summed E-state index contributed by atoms with van der Waals surface area (Å²) in [5.74, 6) is 0.409. The minimum atomic E-state index is -3.40. The van der Waals surface area contributed by atoms with Crippen LogP contribution in [0.2, 0.25) is 0 Å². The van der Waals surface area contributed by atoms with Crippen LogP contribution in [0.5, 0.6) is 0 Å². The molecule has 7 nitrogen and oxygen atoms in total. The minimum Gasteiger partial charge on any atom is -0.385 e. The number of hydrogen-bond donors (Lipinski definition) is 1. The first-order chi connectivity index (χ1) is 14.8. The zero-order chi connectivity index (χ0) is 22.2. The van der Waals surface area contributed by atoms with E-state index in [-0.39, 0.29) is 11.2 Å². The van der Waals surface area contributed by atoms with E-state index in [0.29, 0.717) is 25.6 Å². The smallest absolute Gasteiger partial charge is 0.227 e. The molecule has 0 spiro atoms. The van der Waals surface area contributed by atoms with Gasteiger partial charge in [-0.3, -0.25) is 4.90 Å². The highest BCUT2D eigenvalue weighted by molar-refractivity contribution is 7.90. The molecule has 0 radical (unpaired) electrons. The second-order valence-corrected chi connectivity index (χ2v) is 10.7. The van der Waals surface area contributed by atoms with Crippen LogP contribution in [-0.2, 0) is 34.1 Å². The molecule has 1 aliphatic rings. The van der Waals surface area contributed by atoms with E-state index in [1.54, 1.807) is 13.3 Å². The average Bonchev–Trinajstić information content (AvgIpc) is 3.29. The van der Waals surface area contributed by atoms with Gasteiger partial charge in [0.1, 0.15) is 0 Å². The first kappa shape index (κ1) is 22.0. The molecule has 168 valence electrons. The Morgan fingerprint density at radius 1 is 1.29 bits per heavy atom. The van der Waals surface area contributed by atoms with E-state index in [9.17, 15) is 8.42 Å². The number of aromatic nitrogens is 3. The van der Waals surface area contributed by atoms with Gasteiger partial charge >= 0.3 is 0 Å². The van der Waals surface area contributed by atoms with E-state index >= 15 is 0 Å². The van der Waals surface area contributed by atoms with E-state index < -0.39 is 9.84 Å². The van der Waals surface area contributed by atoms with Crippen molar-refractivity contribution in [1.82, 2.24) is 19.4 Å². The molecule has 0 unspecified atom stereocenters. The molecule has 0 saturated carbocycles. The summed E-state index contributed by atoms with van der Waals surface area (Å²) in [5.41, 5.74) is 4.82. The zero-order valence-electron chi connectivity index (χ0n) is 18.8. The molecule has 3 heterocycles. The number of aromatic amines is 1. The van der Waals surface area contributed by atoms with E-state index in [1.807, 2.05) is 4.57 Å². The van der Waals surface area contributed by atoms with Crippen LogP contribution in [0, 0.1) is 5.92 Å². The van der Waals surface area contributed by atoms with Gasteiger partial charge in [-0.2, -0.15) is 0 Å². The summed E-state index contributed by atoms with van der Waals surface area (Å²) in [6.07, 6.45) is 4.66. The highest BCUT2D eigenvalue weighted by Crippen LogP contribution is 2.39. The summed E-state index contributed by atoms with van der Waals surface area (Å²) in [6, 6.07) is 8.73. The van der Waals surface area contributed by atoms with Crippen molar-refractivity contribution in [2.45, 2.75) is 51.0 Å². The van der Waals surface area contributed by atoms with Gasteiger partial charge in [0.2, 0.25) is 15.0 Å². The molecule has 0 aliphatic carbocycles. The number of methoxy groups -OCH3 is 1. The fourth-order valence-corrected chi connectivity index (χ4v) is 5.73. The Labute approximate surface area is 184 Å². The Bertz CT molecular complexity index is 1160. The molecule has 0 fully saturated rings. The SMILES string of the molecule is COCCCn1c(CN2CCc3c([nH]c4ccccc34)[C@@H]2C(C)C)cnc1S(C)(=O)=O. The highest BCUT2D eigenvalue weighted by Gasteiger charge is 2.33. The standard InChI is InChI=1S/C23H32N4O3S/c1-16(2)22-21-19(18-8-5-6-9-20(18)25-21)10-12-26(22)15-17-14-24-23(31(4,28)29)27(17)11-7-13-30-3/h5-6,8-9,14,16,22,25H,7,10-13,15H2,1-4H3/t22-/m0/s1. The Morgan fingerprint density at radius 3 is 2.77 bits per heavy atom. The van der Waals surface area contributed by atoms with Crippen molar-refractivity contribution in [3.8, 4) is 0 Å². The molecule has 0 saturated heterocycles. The van der Waals surface area contributed by atoms with Crippen molar-refractivity contribution in [2.24, 2.45) is 5.92 Å². The highest BCUT2D eigenvalue weighted by atomic mass is 32.2. The number of imidazole rings is 1. The average molecular weight is 445 g/mol. The van der Waals surface area contributed by atoms with Gasteiger partial charge in [-0.05, 0) is 30.4 Å². The number of fused-ring (bicyclic) bond motifs is 3. The van der Waals surface area contributed by atoms with Crippen LogP contribution in [0.25, 0.3) is 10.9 Å². The molecule has 2 aromatic heterocycles. The Hall–Kier alpha value is -2.16. The number of ether oxygens (including phenoxy) is 1. The van der Waals surface area contributed by atoms with Gasteiger partial charge in [-0.15, -0.1) is 0 Å². The summed E-state index contributed by atoms with van der Waals surface area (Å²) < 4.78 is 31.6.